The van der Waals surface area contributed by atoms with Crippen LogP contribution in [0.15, 0.2) is 48.5 Å². The summed E-state index contributed by atoms with van der Waals surface area (Å²) in [4.78, 5) is 27.3. The number of aryl methyl sites for hydroxylation is 1. The Morgan fingerprint density at radius 2 is 1.71 bits per heavy atom. The van der Waals surface area contributed by atoms with Gasteiger partial charge in [0.05, 0.1) is 6.42 Å². The minimum atomic E-state index is -0.573. The molecule has 2 rings (SSSR count). The average molecular weight is 401 g/mol. The Bertz CT molecular complexity index is 803. The van der Waals surface area contributed by atoms with Gasteiger partial charge in [-0.15, -0.1) is 0 Å². The summed E-state index contributed by atoms with van der Waals surface area (Å²) in [6.07, 6.45) is 0.253. The van der Waals surface area contributed by atoms with E-state index in [4.69, 9.17) is 11.6 Å². The molecule has 1 atom stereocenters. The molecule has 0 fully saturated rings. The summed E-state index contributed by atoms with van der Waals surface area (Å²) in [5.41, 5.74) is 2.98. The van der Waals surface area contributed by atoms with Gasteiger partial charge in [0.2, 0.25) is 11.8 Å². The van der Waals surface area contributed by atoms with Gasteiger partial charge in [0.15, 0.2) is 0 Å². The summed E-state index contributed by atoms with van der Waals surface area (Å²) >= 11 is 6.10. The maximum atomic E-state index is 13.1. The smallest absolute Gasteiger partial charge is 0.242 e. The highest BCUT2D eigenvalue weighted by Gasteiger charge is 2.26. The standard InChI is InChI=1S/C23H29ClN2O2/c1-16(2)14-25-23(28)18(4)26(15-20-6-5-7-21(24)12-20)22(27)13-19-10-8-17(3)9-11-19/h5-12,16,18H,13-15H2,1-4H3,(H,25,28). The van der Waals surface area contributed by atoms with E-state index in [-0.39, 0.29) is 18.2 Å². The molecule has 2 amide bonds. The summed E-state index contributed by atoms with van der Waals surface area (Å²) in [5.74, 6) is 0.116. The molecule has 150 valence electrons. The fourth-order valence-corrected chi connectivity index (χ4v) is 3.06. The molecule has 0 saturated heterocycles. The molecule has 4 nitrogen and oxygen atoms in total. The lowest BCUT2D eigenvalue weighted by atomic mass is 10.1. The lowest BCUT2D eigenvalue weighted by Gasteiger charge is -2.29. The highest BCUT2D eigenvalue weighted by Crippen LogP contribution is 2.16. The zero-order chi connectivity index (χ0) is 20.7. The summed E-state index contributed by atoms with van der Waals surface area (Å²) < 4.78 is 0. The monoisotopic (exact) mass is 400 g/mol. The lowest BCUT2D eigenvalue weighted by Crippen LogP contribution is -2.48. The fourth-order valence-electron chi connectivity index (χ4n) is 2.85. The Labute approximate surface area is 172 Å². The summed E-state index contributed by atoms with van der Waals surface area (Å²) in [6, 6.07) is 14.7. The van der Waals surface area contributed by atoms with Crippen molar-refractivity contribution in [2.24, 2.45) is 5.92 Å². The second-order valence-electron chi connectivity index (χ2n) is 7.63. The maximum Gasteiger partial charge on any atom is 0.242 e. The van der Waals surface area contributed by atoms with E-state index < -0.39 is 6.04 Å². The molecule has 0 spiro atoms. The molecule has 2 aromatic carbocycles. The van der Waals surface area contributed by atoms with Crippen LogP contribution in [-0.4, -0.2) is 29.3 Å². The number of carbonyl (C=O) groups is 2. The van der Waals surface area contributed by atoms with Crippen LogP contribution >= 0.6 is 11.6 Å². The van der Waals surface area contributed by atoms with E-state index in [2.05, 4.69) is 5.32 Å². The van der Waals surface area contributed by atoms with Gasteiger partial charge < -0.3 is 10.2 Å². The van der Waals surface area contributed by atoms with Crippen molar-refractivity contribution in [2.45, 2.75) is 46.7 Å². The zero-order valence-electron chi connectivity index (χ0n) is 17.0. The SMILES string of the molecule is Cc1ccc(CC(=O)N(Cc2cccc(Cl)c2)C(C)C(=O)NCC(C)C)cc1. The third kappa shape index (κ3) is 6.68. The minimum absolute atomic E-state index is 0.0870. The number of hydrogen-bond acceptors (Lipinski definition) is 2. The average Bonchev–Trinajstić information content (AvgIpc) is 2.65. The van der Waals surface area contributed by atoms with Crippen LogP contribution in [0.1, 0.15) is 37.5 Å². The number of carbonyl (C=O) groups excluding carboxylic acids is 2. The van der Waals surface area contributed by atoms with Gasteiger partial charge in [-0.05, 0) is 43.0 Å². The molecule has 0 bridgehead atoms. The van der Waals surface area contributed by atoms with Crippen molar-refractivity contribution in [2.75, 3.05) is 6.54 Å². The molecule has 0 aliphatic heterocycles. The van der Waals surface area contributed by atoms with Crippen LogP contribution in [0.3, 0.4) is 0 Å². The summed E-state index contributed by atoms with van der Waals surface area (Å²) in [6.45, 7) is 8.78. The van der Waals surface area contributed by atoms with Crippen LogP contribution in [0.2, 0.25) is 5.02 Å². The van der Waals surface area contributed by atoms with Gasteiger partial charge in [-0.1, -0.05) is 67.4 Å². The lowest BCUT2D eigenvalue weighted by molar-refractivity contribution is -0.140. The molecule has 2 aromatic rings. The maximum absolute atomic E-state index is 13.1. The molecule has 1 unspecified atom stereocenters. The summed E-state index contributed by atoms with van der Waals surface area (Å²) in [5, 5.41) is 3.54. The largest absolute Gasteiger partial charge is 0.354 e. The van der Waals surface area contributed by atoms with Gasteiger partial charge in [0.25, 0.3) is 0 Å². The topological polar surface area (TPSA) is 49.4 Å². The van der Waals surface area contributed by atoms with Crippen LogP contribution in [0.5, 0.6) is 0 Å². The van der Waals surface area contributed by atoms with Crippen LogP contribution in [0.4, 0.5) is 0 Å². The minimum Gasteiger partial charge on any atom is -0.354 e. The molecule has 0 aliphatic carbocycles. The summed E-state index contributed by atoms with van der Waals surface area (Å²) in [7, 11) is 0. The van der Waals surface area contributed by atoms with Crippen LogP contribution in [0, 0.1) is 12.8 Å². The number of hydrogen-bond donors (Lipinski definition) is 1. The molecular formula is C23H29ClN2O2. The van der Waals surface area contributed by atoms with Crippen molar-refractivity contribution in [1.82, 2.24) is 10.2 Å². The van der Waals surface area contributed by atoms with Crippen LogP contribution in [0.25, 0.3) is 0 Å². The van der Waals surface area contributed by atoms with Crippen molar-refractivity contribution in [3.05, 3.63) is 70.2 Å². The highest BCUT2D eigenvalue weighted by atomic mass is 35.5. The van der Waals surface area contributed by atoms with Crippen molar-refractivity contribution in [3.8, 4) is 0 Å². The van der Waals surface area contributed by atoms with Gasteiger partial charge in [0.1, 0.15) is 6.04 Å². The van der Waals surface area contributed by atoms with Crippen LogP contribution < -0.4 is 5.32 Å². The molecular weight excluding hydrogens is 372 g/mol. The third-order valence-electron chi connectivity index (χ3n) is 4.57. The van der Waals surface area contributed by atoms with E-state index in [9.17, 15) is 9.59 Å². The first-order valence-electron chi connectivity index (χ1n) is 9.63. The molecule has 5 heteroatoms. The first-order valence-corrected chi connectivity index (χ1v) is 10.0. The quantitative estimate of drug-likeness (QED) is 0.714. The number of rotatable bonds is 8. The second kappa shape index (κ2) is 10.3. The van der Waals surface area contributed by atoms with Gasteiger partial charge in [0, 0.05) is 18.1 Å². The molecule has 0 saturated carbocycles. The fraction of sp³-hybridized carbons (Fsp3) is 0.391. The van der Waals surface area contributed by atoms with Crippen molar-refractivity contribution >= 4 is 23.4 Å². The highest BCUT2D eigenvalue weighted by molar-refractivity contribution is 6.30. The Hall–Kier alpha value is -2.33. The van der Waals surface area contributed by atoms with Gasteiger partial charge in [-0.3, -0.25) is 9.59 Å². The van der Waals surface area contributed by atoms with E-state index >= 15 is 0 Å². The number of halogens is 1. The molecule has 1 N–H and O–H groups in total. The molecule has 28 heavy (non-hydrogen) atoms. The Kier molecular flexibility index (Phi) is 8.06. The first-order chi connectivity index (χ1) is 13.3. The van der Waals surface area contributed by atoms with E-state index in [0.29, 0.717) is 24.0 Å². The van der Waals surface area contributed by atoms with Gasteiger partial charge >= 0.3 is 0 Å². The van der Waals surface area contributed by atoms with Crippen LogP contribution in [-0.2, 0) is 22.6 Å². The molecule has 0 radical (unpaired) electrons. The Morgan fingerprint density at radius 3 is 2.32 bits per heavy atom. The number of benzene rings is 2. The van der Waals surface area contributed by atoms with Gasteiger partial charge in [-0.2, -0.15) is 0 Å². The third-order valence-corrected chi connectivity index (χ3v) is 4.80. The number of nitrogens with one attached hydrogen (secondary N) is 1. The number of amides is 2. The van der Waals surface area contributed by atoms with E-state index in [1.54, 1.807) is 17.9 Å². The zero-order valence-corrected chi connectivity index (χ0v) is 17.8. The van der Waals surface area contributed by atoms with Crippen molar-refractivity contribution in [1.29, 1.82) is 0 Å². The number of nitrogens with zero attached hydrogens (tertiary/aromatic N) is 1. The van der Waals surface area contributed by atoms with Crippen molar-refractivity contribution in [3.63, 3.8) is 0 Å². The van der Waals surface area contributed by atoms with E-state index in [1.165, 1.54) is 0 Å². The molecule has 0 heterocycles. The second-order valence-corrected chi connectivity index (χ2v) is 8.07. The normalized spacial score (nSPS) is 11.9. The molecule has 0 aromatic heterocycles. The van der Waals surface area contributed by atoms with Crippen molar-refractivity contribution < 1.29 is 9.59 Å². The van der Waals surface area contributed by atoms with E-state index in [0.717, 1.165) is 16.7 Å². The first kappa shape index (κ1) is 22.0. The predicted molar refractivity (Wildman–Crippen MR) is 114 cm³/mol. The Balaban J connectivity index is 2.19. The van der Waals surface area contributed by atoms with Gasteiger partial charge in [-0.25, -0.2) is 0 Å². The Morgan fingerprint density at radius 1 is 1.04 bits per heavy atom. The molecule has 0 aliphatic rings. The predicted octanol–water partition coefficient (Wildman–Crippen LogP) is 4.38. The van der Waals surface area contributed by atoms with E-state index in [1.807, 2.05) is 63.2 Å².